The first-order valence-electron chi connectivity index (χ1n) is 5.96. The lowest BCUT2D eigenvalue weighted by Gasteiger charge is -2.10. The van der Waals surface area contributed by atoms with E-state index in [2.05, 4.69) is 15.0 Å². The van der Waals surface area contributed by atoms with Crippen LogP contribution in [0.5, 0.6) is 0 Å². The number of aryl methyl sites for hydroxylation is 3. The Morgan fingerprint density at radius 3 is 2.37 bits per heavy atom. The third-order valence-corrected chi connectivity index (χ3v) is 3.03. The first-order valence-corrected chi connectivity index (χ1v) is 5.96. The van der Waals surface area contributed by atoms with Gasteiger partial charge in [-0.15, -0.1) is 0 Å². The SMILES string of the molecule is Cc1ccncc1-c1nc(C)c(CC(=O)O)c(C)n1. The summed E-state index contributed by atoms with van der Waals surface area (Å²) in [6.45, 7) is 5.58. The number of rotatable bonds is 3. The van der Waals surface area contributed by atoms with Crippen molar-refractivity contribution >= 4 is 5.97 Å². The van der Waals surface area contributed by atoms with Crippen molar-refractivity contribution in [1.82, 2.24) is 15.0 Å². The van der Waals surface area contributed by atoms with Crippen molar-refractivity contribution in [3.05, 3.63) is 41.0 Å². The lowest BCUT2D eigenvalue weighted by molar-refractivity contribution is -0.136. The summed E-state index contributed by atoms with van der Waals surface area (Å²) < 4.78 is 0. The Balaban J connectivity index is 2.51. The summed E-state index contributed by atoms with van der Waals surface area (Å²) in [6.07, 6.45) is 3.39. The lowest BCUT2D eigenvalue weighted by atomic mass is 10.1. The standard InChI is InChI=1S/C14H15N3O2/c1-8-4-5-15-7-12(8)14-16-9(2)11(6-13(18)19)10(3)17-14/h4-5,7H,6H2,1-3H3,(H,18,19). The maximum Gasteiger partial charge on any atom is 0.307 e. The fourth-order valence-corrected chi connectivity index (χ4v) is 1.97. The fraction of sp³-hybridized carbons (Fsp3) is 0.286. The van der Waals surface area contributed by atoms with Crippen molar-refractivity contribution in [2.45, 2.75) is 27.2 Å². The number of hydrogen-bond donors (Lipinski definition) is 1. The third-order valence-electron chi connectivity index (χ3n) is 3.03. The molecular weight excluding hydrogens is 242 g/mol. The van der Waals surface area contributed by atoms with Crippen LogP contribution >= 0.6 is 0 Å². The Morgan fingerprint density at radius 1 is 1.21 bits per heavy atom. The summed E-state index contributed by atoms with van der Waals surface area (Å²) >= 11 is 0. The molecule has 0 atom stereocenters. The molecule has 0 aliphatic heterocycles. The van der Waals surface area contributed by atoms with Crippen LogP contribution in [0.25, 0.3) is 11.4 Å². The molecule has 0 aromatic carbocycles. The summed E-state index contributed by atoms with van der Waals surface area (Å²) in [5.41, 5.74) is 3.99. The van der Waals surface area contributed by atoms with Crippen molar-refractivity contribution in [1.29, 1.82) is 0 Å². The van der Waals surface area contributed by atoms with Gasteiger partial charge in [0.2, 0.25) is 0 Å². The largest absolute Gasteiger partial charge is 0.481 e. The van der Waals surface area contributed by atoms with Crippen LogP contribution in [0.15, 0.2) is 18.5 Å². The number of aliphatic carboxylic acids is 1. The predicted octanol–water partition coefficient (Wildman–Crippen LogP) is 2.09. The van der Waals surface area contributed by atoms with E-state index in [-0.39, 0.29) is 6.42 Å². The zero-order valence-electron chi connectivity index (χ0n) is 11.1. The average molecular weight is 257 g/mol. The minimum Gasteiger partial charge on any atom is -0.481 e. The second-order valence-electron chi connectivity index (χ2n) is 4.46. The summed E-state index contributed by atoms with van der Waals surface area (Å²) in [6, 6.07) is 1.90. The molecule has 0 spiro atoms. The van der Waals surface area contributed by atoms with Crippen LogP contribution in [-0.4, -0.2) is 26.0 Å². The van der Waals surface area contributed by atoms with E-state index in [1.165, 1.54) is 0 Å². The number of carboxylic acids is 1. The second kappa shape index (κ2) is 5.14. The number of carboxylic acid groups (broad SMARTS) is 1. The van der Waals surface area contributed by atoms with E-state index in [0.29, 0.717) is 22.8 Å². The lowest BCUT2D eigenvalue weighted by Crippen LogP contribution is -2.08. The van der Waals surface area contributed by atoms with E-state index >= 15 is 0 Å². The molecule has 0 amide bonds. The average Bonchev–Trinajstić information content (AvgIpc) is 2.34. The normalized spacial score (nSPS) is 10.5. The van der Waals surface area contributed by atoms with Crippen molar-refractivity contribution in [3.63, 3.8) is 0 Å². The van der Waals surface area contributed by atoms with Crippen molar-refractivity contribution in [3.8, 4) is 11.4 Å². The molecule has 0 aliphatic carbocycles. The molecule has 0 radical (unpaired) electrons. The van der Waals surface area contributed by atoms with E-state index in [4.69, 9.17) is 5.11 Å². The van der Waals surface area contributed by atoms with E-state index in [1.54, 1.807) is 12.4 Å². The van der Waals surface area contributed by atoms with Gasteiger partial charge in [0.05, 0.1) is 6.42 Å². The van der Waals surface area contributed by atoms with Gasteiger partial charge >= 0.3 is 5.97 Å². The number of aromatic nitrogens is 3. The molecule has 1 N–H and O–H groups in total. The molecule has 2 aromatic heterocycles. The van der Waals surface area contributed by atoms with Gasteiger partial charge in [0.1, 0.15) is 0 Å². The smallest absolute Gasteiger partial charge is 0.307 e. The van der Waals surface area contributed by atoms with Crippen LogP contribution in [0.3, 0.4) is 0 Å². The van der Waals surface area contributed by atoms with Gasteiger partial charge in [0.15, 0.2) is 5.82 Å². The van der Waals surface area contributed by atoms with Gasteiger partial charge in [-0.25, -0.2) is 9.97 Å². The molecular formula is C14H15N3O2. The fourth-order valence-electron chi connectivity index (χ4n) is 1.97. The molecule has 0 bridgehead atoms. The molecule has 0 aliphatic rings. The number of nitrogens with zero attached hydrogens (tertiary/aromatic N) is 3. The maximum absolute atomic E-state index is 10.8. The zero-order chi connectivity index (χ0) is 14.0. The van der Waals surface area contributed by atoms with Crippen LogP contribution in [0.4, 0.5) is 0 Å². The van der Waals surface area contributed by atoms with E-state index in [0.717, 1.165) is 11.1 Å². The van der Waals surface area contributed by atoms with Crippen molar-refractivity contribution in [2.75, 3.05) is 0 Å². The van der Waals surface area contributed by atoms with E-state index < -0.39 is 5.97 Å². The molecule has 19 heavy (non-hydrogen) atoms. The van der Waals surface area contributed by atoms with Gasteiger partial charge in [0, 0.05) is 34.9 Å². The molecule has 98 valence electrons. The Bertz CT molecular complexity index is 615. The summed E-state index contributed by atoms with van der Waals surface area (Å²) in [5, 5.41) is 8.88. The minimum absolute atomic E-state index is 0.0516. The molecule has 0 unspecified atom stereocenters. The van der Waals surface area contributed by atoms with Crippen molar-refractivity contribution < 1.29 is 9.90 Å². The van der Waals surface area contributed by atoms with Gasteiger partial charge in [-0.3, -0.25) is 9.78 Å². The minimum atomic E-state index is -0.875. The van der Waals surface area contributed by atoms with Gasteiger partial charge in [-0.2, -0.15) is 0 Å². The van der Waals surface area contributed by atoms with Crippen molar-refractivity contribution in [2.24, 2.45) is 0 Å². The monoisotopic (exact) mass is 257 g/mol. The number of carbonyl (C=O) groups is 1. The van der Waals surface area contributed by atoms with Crippen LogP contribution in [0.2, 0.25) is 0 Å². The Hall–Kier alpha value is -2.30. The second-order valence-corrected chi connectivity index (χ2v) is 4.46. The van der Waals surface area contributed by atoms with Gasteiger partial charge in [-0.05, 0) is 32.4 Å². The highest BCUT2D eigenvalue weighted by atomic mass is 16.4. The highest BCUT2D eigenvalue weighted by molar-refractivity contribution is 5.71. The van der Waals surface area contributed by atoms with E-state index in [1.807, 2.05) is 26.8 Å². The zero-order valence-corrected chi connectivity index (χ0v) is 11.1. The molecule has 5 nitrogen and oxygen atoms in total. The Morgan fingerprint density at radius 2 is 1.84 bits per heavy atom. The molecule has 2 heterocycles. The first kappa shape index (κ1) is 13.1. The first-order chi connectivity index (χ1) is 8.99. The highest BCUT2D eigenvalue weighted by Gasteiger charge is 2.13. The maximum atomic E-state index is 10.8. The summed E-state index contributed by atoms with van der Waals surface area (Å²) in [7, 11) is 0. The van der Waals surface area contributed by atoms with Gasteiger partial charge < -0.3 is 5.11 Å². The Kier molecular flexibility index (Phi) is 3.55. The predicted molar refractivity (Wildman–Crippen MR) is 70.8 cm³/mol. The number of pyridine rings is 1. The van der Waals surface area contributed by atoms with Crippen LogP contribution in [0.1, 0.15) is 22.5 Å². The molecule has 5 heteroatoms. The van der Waals surface area contributed by atoms with E-state index in [9.17, 15) is 4.79 Å². The quantitative estimate of drug-likeness (QED) is 0.911. The van der Waals surface area contributed by atoms with Gasteiger partial charge in [0.25, 0.3) is 0 Å². The molecule has 2 aromatic rings. The summed E-state index contributed by atoms with van der Waals surface area (Å²) in [5.74, 6) is -0.283. The third kappa shape index (κ3) is 2.76. The molecule has 0 saturated carbocycles. The van der Waals surface area contributed by atoms with Crippen LogP contribution < -0.4 is 0 Å². The number of hydrogen-bond acceptors (Lipinski definition) is 4. The van der Waals surface area contributed by atoms with Crippen LogP contribution in [0, 0.1) is 20.8 Å². The topological polar surface area (TPSA) is 76.0 Å². The van der Waals surface area contributed by atoms with Crippen LogP contribution in [-0.2, 0) is 11.2 Å². The molecule has 0 saturated heterocycles. The Labute approximate surface area is 111 Å². The molecule has 0 fully saturated rings. The van der Waals surface area contributed by atoms with Gasteiger partial charge in [-0.1, -0.05) is 0 Å². The molecule has 2 rings (SSSR count). The summed E-state index contributed by atoms with van der Waals surface area (Å²) in [4.78, 5) is 23.7. The highest BCUT2D eigenvalue weighted by Crippen LogP contribution is 2.21.